The molecule has 0 aliphatic carbocycles. The molecule has 1 amide bonds. The molecule has 1 aromatic carbocycles. The first-order valence-corrected chi connectivity index (χ1v) is 9.54. The molecule has 11 nitrogen and oxygen atoms in total. The summed E-state index contributed by atoms with van der Waals surface area (Å²) in [6.07, 6.45) is 0. The quantitative estimate of drug-likeness (QED) is 0.464. The van der Waals surface area contributed by atoms with Gasteiger partial charge in [-0.05, 0) is 12.1 Å². The lowest BCUT2D eigenvalue weighted by Crippen LogP contribution is -2.24. The second-order valence-corrected chi connectivity index (χ2v) is 8.06. The summed E-state index contributed by atoms with van der Waals surface area (Å²) >= 11 is 0. The summed E-state index contributed by atoms with van der Waals surface area (Å²) in [6, 6.07) is 2.39. The van der Waals surface area contributed by atoms with Crippen molar-refractivity contribution in [3.63, 3.8) is 0 Å². The van der Waals surface area contributed by atoms with E-state index in [-0.39, 0.29) is 0 Å². The van der Waals surface area contributed by atoms with Gasteiger partial charge in [0.25, 0.3) is 30.4 Å². The maximum Gasteiger partial charge on any atom is 0.298 e. The highest BCUT2D eigenvalue weighted by Gasteiger charge is 2.28. The highest BCUT2D eigenvalue weighted by molar-refractivity contribution is 7.89. The molecule has 1 aromatic rings. The molecule has 22 heavy (non-hydrogen) atoms. The molecule has 0 atom stereocenters. The summed E-state index contributed by atoms with van der Waals surface area (Å²) in [4.78, 5) is 8.76. The Morgan fingerprint density at radius 1 is 0.955 bits per heavy atom. The maximum atomic E-state index is 11.3. The molecule has 0 fully saturated rings. The van der Waals surface area contributed by atoms with Crippen molar-refractivity contribution in [1.29, 1.82) is 0 Å². The van der Waals surface area contributed by atoms with Crippen LogP contribution in [0.5, 0.6) is 0 Å². The second-order valence-electron chi connectivity index (χ2n) is 3.86. The van der Waals surface area contributed by atoms with Crippen LogP contribution in [0.3, 0.4) is 0 Å². The van der Waals surface area contributed by atoms with E-state index in [2.05, 4.69) is 0 Å². The van der Waals surface area contributed by atoms with Crippen molar-refractivity contribution in [1.82, 2.24) is 0 Å². The Hall–Kier alpha value is -1.58. The average molecular weight is 375 g/mol. The fourth-order valence-corrected chi connectivity index (χ4v) is 3.78. The number of rotatable bonds is 5. The van der Waals surface area contributed by atoms with Crippen molar-refractivity contribution in [2.24, 2.45) is 0 Å². The minimum absolute atomic E-state index is 0.636. The van der Waals surface area contributed by atoms with Gasteiger partial charge in [-0.3, -0.25) is 18.5 Å². The summed E-state index contributed by atoms with van der Waals surface area (Å²) in [5.41, 5.74) is -0.800. The van der Waals surface area contributed by atoms with Crippen LogP contribution in [0.25, 0.3) is 0 Å². The molecule has 0 aliphatic heterocycles. The first-order valence-electron chi connectivity index (χ1n) is 5.05. The number of hydrogen-bond donors (Lipinski definition) is 4. The summed E-state index contributed by atoms with van der Waals surface area (Å²) in [5, 5.41) is 1.69. The van der Waals surface area contributed by atoms with Gasteiger partial charge in [-0.25, -0.2) is 0 Å². The minimum atomic E-state index is -5.20. The summed E-state index contributed by atoms with van der Waals surface area (Å²) in [5.74, 6) is -2.84. The summed E-state index contributed by atoms with van der Waals surface area (Å²) in [6.45, 7) is 0. The third-order valence-corrected chi connectivity index (χ3v) is 4.71. The Kier molecular flexibility index (Phi) is 4.95. The van der Waals surface area contributed by atoms with Crippen molar-refractivity contribution in [3.05, 3.63) is 18.2 Å². The van der Waals surface area contributed by atoms with Crippen LogP contribution in [0.4, 0.5) is 5.69 Å². The number of anilines is 1. The van der Waals surface area contributed by atoms with Gasteiger partial charge >= 0.3 is 0 Å². The van der Waals surface area contributed by atoms with Crippen LogP contribution in [-0.4, -0.2) is 50.6 Å². The number of amides is 1. The molecule has 124 valence electrons. The maximum absolute atomic E-state index is 11.3. The van der Waals surface area contributed by atoms with Crippen molar-refractivity contribution in [3.8, 4) is 0 Å². The Balaban J connectivity index is 3.48. The number of nitrogens with one attached hydrogen (secondary N) is 1. The molecule has 0 unspecified atom stereocenters. The molecular formula is C8H9NO10S3. The van der Waals surface area contributed by atoms with Gasteiger partial charge in [0.2, 0.25) is 5.91 Å². The molecule has 0 heterocycles. The van der Waals surface area contributed by atoms with Crippen LogP contribution in [0.2, 0.25) is 0 Å². The fraction of sp³-hybridized carbons (Fsp3) is 0.125. The zero-order valence-electron chi connectivity index (χ0n) is 10.4. The zero-order valence-corrected chi connectivity index (χ0v) is 12.8. The number of carbonyl (C=O) groups is 1. The predicted octanol–water partition coefficient (Wildman–Crippen LogP) is -0.994. The highest BCUT2D eigenvalue weighted by atomic mass is 32.2. The van der Waals surface area contributed by atoms with Crippen LogP contribution in [0.1, 0.15) is 0 Å². The molecule has 0 aromatic heterocycles. The Morgan fingerprint density at radius 2 is 1.50 bits per heavy atom. The lowest BCUT2D eigenvalue weighted by molar-refractivity contribution is -0.114. The van der Waals surface area contributed by atoms with Crippen molar-refractivity contribution < 1.29 is 43.7 Å². The molecule has 0 saturated heterocycles. The first kappa shape index (κ1) is 18.5. The Morgan fingerprint density at radius 3 is 1.91 bits per heavy atom. The fourth-order valence-electron chi connectivity index (χ4n) is 1.44. The van der Waals surface area contributed by atoms with E-state index >= 15 is 0 Å². The van der Waals surface area contributed by atoms with E-state index in [9.17, 15) is 30.0 Å². The standard InChI is InChI=1S/C8H9NO10S3/c10-7(4-20(11,12)13)9-5-2-1-3-6(21(14,15)16)8(5)22(17,18)19/h1-3H,4H2,(H,9,10)(H,11,12,13)(H,14,15,16)(H,17,18,19). The van der Waals surface area contributed by atoms with Crippen molar-refractivity contribution >= 4 is 41.9 Å². The van der Waals surface area contributed by atoms with Crippen LogP contribution in [-0.2, 0) is 35.1 Å². The van der Waals surface area contributed by atoms with E-state index in [1.54, 1.807) is 5.32 Å². The summed E-state index contributed by atoms with van der Waals surface area (Å²) in [7, 11) is -15.0. The van der Waals surface area contributed by atoms with Crippen molar-refractivity contribution in [2.75, 3.05) is 11.1 Å². The zero-order chi connectivity index (χ0) is 17.3. The highest BCUT2D eigenvalue weighted by Crippen LogP contribution is 2.28. The third-order valence-electron chi connectivity index (χ3n) is 2.10. The number of benzene rings is 1. The lowest BCUT2D eigenvalue weighted by Gasteiger charge is -2.11. The van der Waals surface area contributed by atoms with E-state index in [4.69, 9.17) is 13.7 Å². The molecule has 4 N–H and O–H groups in total. The molecular weight excluding hydrogens is 366 g/mol. The average Bonchev–Trinajstić information content (AvgIpc) is 2.22. The molecule has 1 rings (SSSR count). The predicted molar refractivity (Wildman–Crippen MR) is 71.1 cm³/mol. The van der Waals surface area contributed by atoms with Crippen LogP contribution in [0, 0.1) is 0 Å². The lowest BCUT2D eigenvalue weighted by atomic mass is 10.3. The van der Waals surface area contributed by atoms with E-state index < -0.39 is 57.5 Å². The molecule has 0 bridgehead atoms. The Bertz CT molecular complexity index is 913. The van der Waals surface area contributed by atoms with Gasteiger partial charge in [-0.2, -0.15) is 25.3 Å². The monoisotopic (exact) mass is 375 g/mol. The molecule has 0 spiro atoms. The van der Waals surface area contributed by atoms with Gasteiger partial charge in [0.1, 0.15) is 9.79 Å². The molecule has 0 saturated carbocycles. The van der Waals surface area contributed by atoms with Gasteiger partial charge in [0.15, 0.2) is 5.75 Å². The van der Waals surface area contributed by atoms with Crippen molar-refractivity contribution in [2.45, 2.75) is 9.79 Å². The van der Waals surface area contributed by atoms with Gasteiger partial charge in [-0.1, -0.05) is 6.07 Å². The topological polar surface area (TPSA) is 192 Å². The smallest absolute Gasteiger partial charge is 0.298 e. The minimum Gasteiger partial charge on any atom is -0.324 e. The van der Waals surface area contributed by atoms with E-state index in [1.807, 2.05) is 0 Å². The second kappa shape index (κ2) is 5.90. The van der Waals surface area contributed by atoms with Gasteiger partial charge in [0.05, 0.1) is 5.69 Å². The van der Waals surface area contributed by atoms with Gasteiger partial charge in [0, 0.05) is 0 Å². The summed E-state index contributed by atoms with van der Waals surface area (Å²) < 4.78 is 92.2. The molecule has 0 radical (unpaired) electrons. The SMILES string of the molecule is O=C(CS(=O)(=O)O)Nc1cccc(S(=O)(=O)O)c1S(=O)(=O)O. The molecule has 0 aliphatic rings. The Labute approximate surface area is 125 Å². The first-order chi connectivity index (χ1) is 9.72. The number of hydrogen-bond acceptors (Lipinski definition) is 7. The largest absolute Gasteiger partial charge is 0.324 e. The third kappa shape index (κ3) is 5.00. The number of carbonyl (C=O) groups excluding carboxylic acids is 1. The molecule has 14 heteroatoms. The van der Waals surface area contributed by atoms with Crippen LogP contribution < -0.4 is 5.32 Å². The van der Waals surface area contributed by atoms with E-state index in [0.717, 1.165) is 12.1 Å². The van der Waals surface area contributed by atoms with Crippen LogP contribution >= 0.6 is 0 Å². The van der Waals surface area contributed by atoms with E-state index in [0.29, 0.717) is 6.07 Å². The normalized spacial score (nSPS) is 12.9. The van der Waals surface area contributed by atoms with Crippen LogP contribution in [0.15, 0.2) is 28.0 Å². The van der Waals surface area contributed by atoms with Gasteiger partial charge in [-0.15, -0.1) is 0 Å². The van der Waals surface area contributed by atoms with E-state index in [1.165, 1.54) is 0 Å². The van der Waals surface area contributed by atoms with Gasteiger partial charge < -0.3 is 5.32 Å².